The molecule has 1 aromatic carbocycles. The largest absolute Gasteiger partial charge is 0.452 e. The molecule has 1 amide bonds. The Morgan fingerprint density at radius 1 is 1.33 bits per heavy atom. The first-order chi connectivity index (χ1) is 8.50. The van der Waals surface area contributed by atoms with Crippen LogP contribution in [0.1, 0.15) is 24.2 Å². The molecular formula is C13H16BrNO3. The molecule has 0 unspecified atom stereocenters. The van der Waals surface area contributed by atoms with Gasteiger partial charge in [-0.05, 0) is 34.0 Å². The van der Waals surface area contributed by atoms with Crippen molar-refractivity contribution in [2.24, 2.45) is 5.92 Å². The predicted octanol–water partition coefficient (Wildman–Crippen LogP) is 2.38. The summed E-state index contributed by atoms with van der Waals surface area (Å²) in [6.07, 6.45) is 0. The van der Waals surface area contributed by atoms with Crippen LogP contribution in [0.3, 0.4) is 0 Å². The van der Waals surface area contributed by atoms with Crippen LogP contribution < -0.4 is 5.32 Å². The first kappa shape index (κ1) is 14.7. The summed E-state index contributed by atoms with van der Waals surface area (Å²) in [5.74, 6) is -0.431. The highest BCUT2D eigenvalue weighted by atomic mass is 79.9. The number of amides is 1. The number of esters is 1. The van der Waals surface area contributed by atoms with E-state index < -0.39 is 5.97 Å². The van der Waals surface area contributed by atoms with Gasteiger partial charge in [-0.1, -0.05) is 26.0 Å². The lowest BCUT2D eigenvalue weighted by atomic mass is 10.2. The molecule has 5 heteroatoms. The first-order valence-electron chi connectivity index (χ1n) is 5.69. The highest BCUT2D eigenvalue weighted by Crippen LogP contribution is 2.16. The van der Waals surface area contributed by atoms with Crippen molar-refractivity contribution in [1.82, 2.24) is 5.32 Å². The lowest BCUT2D eigenvalue weighted by Crippen LogP contribution is -2.31. The molecule has 0 heterocycles. The smallest absolute Gasteiger partial charge is 0.339 e. The van der Waals surface area contributed by atoms with Crippen molar-refractivity contribution in [3.8, 4) is 0 Å². The zero-order valence-electron chi connectivity index (χ0n) is 10.4. The summed E-state index contributed by atoms with van der Waals surface area (Å²) in [4.78, 5) is 23.0. The number of ether oxygens (including phenoxy) is 1. The number of nitrogens with one attached hydrogen (secondary N) is 1. The number of hydrogen-bond donors (Lipinski definition) is 1. The molecule has 0 atom stereocenters. The van der Waals surface area contributed by atoms with Crippen LogP contribution in [0, 0.1) is 5.92 Å². The fourth-order valence-corrected chi connectivity index (χ4v) is 1.65. The molecule has 1 rings (SSSR count). The molecule has 0 fully saturated rings. The summed E-state index contributed by atoms with van der Waals surface area (Å²) in [5, 5.41) is 2.68. The first-order valence-corrected chi connectivity index (χ1v) is 6.48. The van der Waals surface area contributed by atoms with Crippen molar-refractivity contribution >= 4 is 27.8 Å². The van der Waals surface area contributed by atoms with Crippen molar-refractivity contribution in [1.29, 1.82) is 0 Å². The van der Waals surface area contributed by atoms with Crippen LogP contribution in [-0.2, 0) is 9.53 Å². The van der Waals surface area contributed by atoms with Crippen LogP contribution >= 0.6 is 15.9 Å². The lowest BCUT2D eigenvalue weighted by Gasteiger charge is -2.08. The van der Waals surface area contributed by atoms with Crippen LogP contribution in [0.5, 0.6) is 0 Å². The van der Waals surface area contributed by atoms with Gasteiger partial charge in [-0.2, -0.15) is 0 Å². The average Bonchev–Trinajstić information content (AvgIpc) is 2.34. The maximum atomic E-state index is 11.7. The predicted molar refractivity (Wildman–Crippen MR) is 72.3 cm³/mol. The molecule has 0 aliphatic rings. The minimum atomic E-state index is -0.512. The molecule has 0 saturated carbocycles. The van der Waals surface area contributed by atoms with Crippen LogP contribution in [-0.4, -0.2) is 25.0 Å². The molecule has 1 N–H and O–H groups in total. The third-order valence-corrected chi connectivity index (χ3v) is 2.83. The van der Waals surface area contributed by atoms with Crippen molar-refractivity contribution < 1.29 is 14.3 Å². The Morgan fingerprint density at radius 3 is 2.61 bits per heavy atom. The Morgan fingerprint density at radius 2 is 2.00 bits per heavy atom. The number of benzene rings is 1. The third kappa shape index (κ3) is 4.87. The van der Waals surface area contributed by atoms with Crippen molar-refractivity contribution in [3.63, 3.8) is 0 Å². The van der Waals surface area contributed by atoms with Gasteiger partial charge in [-0.15, -0.1) is 0 Å². The van der Waals surface area contributed by atoms with Crippen LogP contribution in [0.2, 0.25) is 0 Å². The van der Waals surface area contributed by atoms with E-state index in [1.54, 1.807) is 24.3 Å². The Kier molecular flexibility index (Phi) is 5.85. The van der Waals surface area contributed by atoms with E-state index in [0.717, 1.165) is 0 Å². The monoisotopic (exact) mass is 313 g/mol. The molecule has 0 spiro atoms. The van der Waals surface area contributed by atoms with Gasteiger partial charge < -0.3 is 10.1 Å². The minimum absolute atomic E-state index is 0.257. The molecule has 0 aliphatic heterocycles. The topological polar surface area (TPSA) is 55.4 Å². The lowest BCUT2D eigenvalue weighted by molar-refractivity contribution is -0.124. The molecule has 0 aromatic heterocycles. The van der Waals surface area contributed by atoms with E-state index in [2.05, 4.69) is 21.2 Å². The molecule has 98 valence electrons. The molecule has 1 aromatic rings. The fraction of sp³-hybridized carbons (Fsp3) is 0.385. The second kappa shape index (κ2) is 7.16. The SMILES string of the molecule is CC(C)CNC(=O)COC(=O)c1ccccc1Br. The fourth-order valence-electron chi connectivity index (χ4n) is 1.20. The number of hydrogen-bond acceptors (Lipinski definition) is 3. The summed E-state index contributed by atoms with van der Waals surface area (Å²) >= 11 is 3.25. The highest BCUT2D eigenvalue weighted by Gasteiger charge is 2.12. The number of carbonyl (C=O) groups excluding carboxylic acids is 2. The van der Waals surface area contributed by atoms with Gasteiger partial charge in [-0.25, -0.2) is 4.79 Å². The van der Waals surface area contributed by atoms with Crippen molar-refractivity contribution in [2.75, 3.05) is 13.2 Å². The standard InChI is InChI=1S/C13H16BrNO3/c1-9(2)7-15-12(16)8-18-13(17)10-5-3-4-6-11(10)14/h3-6,9H,7-8H2,1-2H3,(H,15,16). The molecule has 4 nitrogen and oxygen atoms in total. The van der Waals surface area contributed by atoms with Crippen molar-refractivity contribution in [2.45, 2.75) is 13.8 Å². The van der Waals surface area contributed by atoms with Gasteiger partial charge in [0, 0.05) is 11.0 Å². The second-order valence-electron chi connectivity index (χ2n) is 4.25. The van der Waals surface area contributed by atoms with Gasteiger partial charge >= 0.3 is 5.97 Å². The van der Waals surface area contributed by atoms with E-state index in [-0.39, 0.29) is 12.5 Å². The van der Waals surface area contributed by atoms with E-state index in [4.69, 9.17) is 4.74 Å². The van der Waals surface area contributed by atoms with E-state index >= 15 is 0 Å². The van der Waals surface area contributed by atoms with E-state index in [0.29, 0.717) is 22.5 Å². The highest BCUT2D eigenvalue weighted by molar-refractivity contribution is 9.10. The number of halogens is 1. The Bertz CT molecular complexity index is 432. The maximum Gasteiger partial charge on any atom is 0.339 e. The minimum Gasteiger partial charge on any atom is -0.452 e. The number of carbonyl (C=O) groups is 2. The zero-order chi connectivity index (χ0) is 13.5. The van der Waals surface area contributed by atoms with E-state index in [9.17, 15) is 9.59 Å². The van der Waals surface area contributed by atoms with E-state index in [1.165, 1.54) is 0 Å². The summed E-state index contributed by atoms with van der Waals surface area (Å²) in [5.41, 5.74) is 0.411. The van der Waals surface area contributed by atoms with Crippen LogP contribution in [0.25, 0.3) is 0 Å². The van der Waals surface area contributed by atoms with Gasteiger partial charge in [-0.3, -0.25) is 4.79 Å². The average molecular weight is 314 g/mol. The van der Waals surface area contributed by atoms with E-state index in [1.807, 2.05) is 13.8 Å². The van der Waals surface area contributed by atoms with Gasteiger partial charge in [0.1, 0.15) is 0 Å². The zero-order valence-corrected chi connectivity index (χ0v) is 12.0. The normalized spacial score (nSPS) is 10.2. The van der Waals surface area contributed by atoms with Crippen molar-refractivity contribution in [3.05, 3.63) is 34.3 Å². The summed E-state index contributed by atoms with van der Waals surface area (Å²) in [6.45, 7) is 4.30. The summed E-state index contributed by atoms with van der Waals surface area (Å²) < 4.78 is 5.57. The second-order valence-corrected chi connectivity index (χ2v) is 5.11. The quantitative estimate of drug-likeness (QED) is 0.849. The summed E-state index contributed by atoms with van der Waals surface area (Å²) in [6, 6.07) is 6.92. The van der Waals surface area contributed by atoms with Crippen LogP contribution in [0.15, 0.2) is 28.7 Å². The van der Waals surface area contributed by atoms with Gasteiger partial charge in [0.05, 0.1) is 5.56 Å². The molecule has 0 radical (unpaired) electrons. The van der Waals surface area contributed by atoms with Gasteiger partial charge in [0.15, 0.2) is 6.61 Å². The molecule has 0 aliphatic carbocycles. The number of rotatable bonds is 5. The molecular weight excluding hydrogens is 298 g/mol. The molecule has 0 saturated heterocycles. The maximum absolute atomic E-state index is 11.7. The third-order valence-electron chi connectivity index (χ3n) is 2.14. The van der Waals surface area contributed by atoms with Gasteiger partial charge in [0.25, 0.3) is 5.91 Å². The Hall–Kier alpha value is -1.36. The molecule has 18 heavy (non-hydrogen) atoms. The Balaban J connectivity index is 2.42. The summed E-state index contributed by atoms with van der Waals surface area (Å²) in [7, 11) is 0. The molecule has 0 bridgehead atoms. The Labute approximate surface area is 115 Å². The van der Waals surface area contributed by atoms with Gasteiger partial charge in [0.2, 0.25) is 0 Å². The van der Waals surface area contributed by atoms with Crippen LogP contribution in [0.4, 0.5) is 0 Å².